The summed E-state index contributed by atoms with van der Waals surface area (Å²) in [6, 6.07) is 6.46. The van der Waals surface area contributed by atoms with Gasteiger partial charge in [-0.15, -0.1) is 0 Å². The van der Waals surface area contributed by atoms with Gasteiger partial charge in [0.05, 0.1) is 31.0 Å². The first-order valence-corrected chi connectivity index (χ1v) is 12.5. The Morgan fingerprint density at radius 1 is 0.897 bits per heavy atom. The normalized spacial score (nSPS) is 11.6. The molecule has 0 amide bonds. The first-order valence-electron chi connectivity index (χ1n) is 11.4. The maximum Gasteiger partial charge on any atom is 0.339 e. The molecule has 13 heteroatoms. The standard InChI is InChI=1S/C16H19F2N3O2.C10H10F2INO2/c1-9(2)21-14(5-6-20-21)10-7-11(15(22)23-4)13(19)8-12(10)16(3,17)18;1-10(11,12)6-4-8(14)5(3-7(6)13)9(15)16-2/h5-9H,19H2,1-4H3;3-4H,14H2,1-2H3. The molecule has 0 saturated carbocycles. The van der Waals surface area contributed by atoms with Gasteiger partial charge in [0.15, 0.2) is 0 Å². The number of carbonyl (C=O) groups excluding carboxylic acids is 2. The Bertz CT molecular complexity index is 1370. The summed E-state index contributed by atoms with van der Waals surface area (Å²) in [5, 5.41) is 4.16. The van der Waals surface area contributed by atoms with Crippen LogP contribution in [0.15, 0.2) is 36.5 Å². The van der Waals surface area contributed by atoms with Crippen LogP contribution in [0.4, 0.5) is 28.9 Å². The fourth-order valence-electron chi connectivity index (χ4n) is 3.63. The number of rotatable bonds is 6. The molecule has 0 bridgehead atoms. The summed E-state index contributed by atoms with van der Waals surface area (Å²) in [4.78, 5) is 23.1. The highest BCUT2D eigenvalue weighted by Crippen LogP contribution is 2.39. The molecule has 0 spiro atoms. The van der Waals surface area contributed by atoms with Gasteiger partial charge >= 0.3 is 11.9 Å². The van der Waals surface area contributed by atoms with Crippen LogP contribution in [0.25, 0.3) is 11.3 Å². The summed E-state index contributed by atoms with van der Waals surface area (Å²) in [5.74, 6) is -7.42. The number of benzene rings is 2. The summed E-state index contributed by atoms with van der Waals surface area (Å²) in [5.41, 5.74) is 11.6. The summed E-state index contributed by atoms with van der Waals surface area (Å²) >= 11 is 1.73. The first kappa shape index (κ1) is 31.9. The van der Waals surface area contributed by atoms with Crippen LogP contribution in [0.5, 0.6) is 0 Å². The number of hydrogen-bond donors (Lipinski definition) is 2. The monoisotopic (exact) mass is 664 g/mol. The highest BCUT2D eigenvalue weighted by Gasteiger charge is 2.32. The zero-order valence-electron chi connectivity index (χ0n) is 22.1. The average molecular weight is 664 g/mol. The van der Waals surface area contributed by atoms with Crippen molar-refractivity contribution in [3.8, 4) is 11.3 Å². The van der Waals surface area contributed by atoms with Crippen LogP contribution in [-0.4, -0.2) is 35.9 Å². The second kappa shape index (κ2) is 12.2. The van der Waals surface area contributed by atoms with Gasteiger partial charge in [-0.3, -0.25) is 4.68 Å². The van der Waals surface area contributed by atoms with Gasteiger partial charge in [0.1, 0.15) is 0 Å². The zero-order chi connectivity index (χ0) is 29.9. The second-order valence-corrected chi connectivity index (χ2v) is 10.1. The van der Waals surface area contributed by atoms with Gasteiger partial charge < -0.3 is 20.9 Å². The van der Waals surface area contributed by atoms with Crippen molar-refractivity contribution in [1.29, 1.82) is 0 Å². The van der Waals surface area contributed by atoms with E-state index in [4.69, 9.17) is 11.5 Å². The molecule has 0 radical (unpaired) electrons. The van der Waals surface area contributed by atoms with Crippen molar-refractivity contribution in [3.05, 3.63) is 62.4 Å². The predicted octanol–water partition coefficient (Wildman–Crippen LogP) is 6.38. The highest BCUT2D eigenvalue weighted by molar-refractivity contribution is 14.1. The van der Waals surface area contributed by atoms with Crippen LogP contribution >= 0.6 is 22.6 Å². The van der Waals surface area contributed by atoms with Gasteiger partial charge in [0.25, 0.3) is 11.8 Å². The Morgan fingerprint density at radius 3 is 1.79 bits per heavy atom. The van der Waals surface area contributed by atoms with Gasteiger partial charge in [0.2, 0.25) is 0 Å². The number of anilines is 2. The lowest BCUT2D eigenvalue weighted by Crippen LogP contribution is -2.15. The molecule has 8 nitrogen and oxygen atoms in total. The van der Waals surface area contributed by atoms with E-state index in [1.165, 1.54) is 32.5 Å². The SMILES string of the molecule is COC(=O)c1cc(-c2ccnn2C(C)C)c(C(C)(F)F)cc1N.COC(=O)c1cc(I)c(C(C)(F)F)cc1N. The smallest absolute Gasteiger partial charge is 0.339 e. The average Bonchev–Trinajstić information content (AvgIpc) is 3.33. The van der Waals surface area contributed by atoms with Gasteiger partial charge in [-0.2, -0.15) is 5.10 Å². The number of nitrogen functional groups attached to an aromatic ring is 2. The number of nitrogens with two attached hydrogens (primary N) is 2. The number of ether oxygens (including phenoxy) is 2. The molecule has 1 aromatic heterocycles. The van der Waals surface area contributed by atoms with E-state index in [1.807, 2.05) is 13.8 Å². The molecule has 3 aromatic rings. The molecule has 0 aliphatic rings. The number of hydrogen-bond acceptors (Lipinski definition) is 7. The lowest BCUT2D eigenvalue weighted by atomic mass is 9.95. The largest absolute Gasteiger partial charge is 0.465 e. The van der Waals surface area contributed by atoms with Crippen molar-refractivity contribution in [1.82, 2.24) is 9.78 Å². The van der Waals surface area contributed by atoms with E-state index in [-0.39, 0.29) is 48.8 Å². The maximum absolute atomic E-state index is 14.0. The van der Waals surface area contributed by atoms with E-state index >= 15 is 0 Å². The number of esters is 2. The van der Waals surface area contributed by atoms with Crippen LogP contribution in [0.3, 0.4) is 0 Å². The van der Waals surface area contributed by atoms with Crippen LogP contribution in [0, 0.1) is 3.57 Å². The number of carbonyl (C=O) groups is 2. The lowest BCUT2D eigenvalue weighted by Gasteiger charge is -2.20. The Morgan fingerprint density at radius 2 is 1.36 bits per heavy atom. The van der Waals surface area contributed by atoms with Crippen molar-refractivity contribution < 1.29 is 36.6 Å². The summed E-state index contributed by atoms with van der Waals surface area (Å²) in [6.07, 6.45) is 1.53. The van der Waals surface area contributed by atoms with Gasteiger partial charge in [-0.05, 0) is 66.8 Å². The minimum absolute atomic E-state index is 0.0104. The Hall–Kier alpha value is -3.36. The van der Waals surface area contributed by atoms with Crippen LogP contribution in [0.2, 0.25) is 0 Å². The van der Waals surface area contributed by atoms with E-state index in [0.29, 0.717) is 5.69 Å². The van der Waals surface area contributed by atoms with Gasteiger partial charge in [0, 0.05) is 57.7 Å². The minimum atomic E-state index is -3.12. The molecule has 3 rings (SSSR count). The van der Waals surface area contributed by atoms with E-state index in [9.17, 15) is 27.2 Å². The van der Waals surface area contributed by atoms with Gasteiger partial charge in [-0.1, -0.05) is 0 Å². The topological polar surface area (TPSA) is 122 Å². The molecule has 0 aliphatic carbocycles. The lowest BCUT2D eigenvalue weighted by molar-refractivity contribution is 0.0163. The minimum Gasteiger partial charge on any atom is -0.465 e. The number of aromatic nitrogens is 2. The summed E-state index contributed by atoms with van der Waals surface area (Å²) < 4.78 is 65.4. The Labute approximate surface area is 236 Å². The molecule has 0 atom stereocenters. The summed E-state index contributed by atoms with van der Waals surface area (Å²) in [7, 11) is 2.42. The van der Waals surface area contributed by atoms with Crippen molar-refractivity contribution in [2.45, 2.75) is 45.6 Å². The molecule has 39 heavy (non-hydrogen) atoms. The number of nitrogens with zero attached hydrogens (tertiary/aromatic N) is 2. The second-order valence-electron chi connectivity index (χ2n) is 8.92. The third-order valence-electron chi connectivity index (χ3n) is 5.52. The van der Waals surface area contributed by atoms with Crippen molar-refractivity contribution in [2.24, 2.45) is 0 Å². The third-order valence-corrected chi connectivity index (χ3v) is 6.41. The Balaban J connectivity index is 0.000000293. The molecular weight excluding hydrogens is 635 g/mol. The fraction of sp³-hybridized carbons (Fsp3) is 0.346. The predicted molar refractivity (Wildman–Crippen MR) is 148 cm³/mol. The van der Waals surface area contributed by atoms with Gasteiger partial charge in [-0.25, -0.2) is 27.2 Å². The Kier molecular flexibility index (Phi) is 9.98. The van der Waals surface area contributed by atoms with E-state index in [2.05, 4.69) is 14.6 Å². The van der Waals surface area contributed by atoms with Crippen molar-refractivity contribution in [2.75, 3.05) is 25.7 Å². The molecule has 2 aromatic carbocycles. The van der Waals surface area contributed by atoms with Crippen molar-refractivity contribution in [3.63, 3.8) is 0 Å². The van der Waals surface area contributed by atoms with Crippen molar-refractivity contribution >= 4 is 45.9 Å². The molecule has 0 aliphatic heterocycles. The van der Waals surface area contributed by atoms with Crippen LogP contribution in [0.1, 0.15) is 65.6 Å². The number of halogens is 5. The first-order chi connectivity index (χ1) is 17.9. The van der Waals surface area contributed by atoms with E-state index in [1.54, 1.807) is 33.3 Å². The van der Waals surface area contributed by atoms with E-state index < -0.39 is 23.8 Å². The third kappa shape index (κ3) is 7.40. The molecule has 0 saturated heterocycles. The zero-order valence-corrected chi connectivity index (χ0v) is 24.3. The molecule has 1 heterocycles. The highest BCUT2D eigenvalue weighted by atomic mass is 127. The fourth-order valence-corrected chi connectivity index (χ4v) is 4.57. The van der Waals surface area contributed by atoms with E-state index in [0.717, 1.165) is 26.0 Å². The summed E-state index contributed by atoms with van der Waals surface area (Å²) in [6.45, 7) is 5.35. The number of methoxy groups -OCH3 is 2. The molecular formula is C26H29F4IN4O4. The maximum atomic E-state index is 14.0. The quantitative estimate of drug-likeness (QED) is 0.136. The molecule has 4 N–H and O–H groups in total. The number of alkyl halides is 4. The molecule has 0 fully saturated rings. The van der Waals surface area contributed by atoms with Crippen LogP contribution < -0.4 is 11.5 Å². The molecule has 0 unspecified atom stereocenters. The van der Waals surface area contributed by atoms with Crippen LogP contribution in [-0.2, 0) is 21.3 Å². The molecule has 212 valence electrons.